The average molecular weight is 316 g/mol. The normalized spacial score (nSPS) is 15.9. The van der Waals surface area contributed by atoms with Gasteiger partial charge in [-0.2, -0.15) is 0 Å². The number of nitrogens with one attached hydrogen (secondary N) is 2. The number of carbonyl (C=O) groups excluding carboxylic acids is 1. The highest BCUT2D eigenvalue weighted by atomic mass is 127. The minimum absolute atomic E-state index is 0.119. The van der Waals surface area contributed by atoms with Crippen LogP contribution in [0.4, 0.5) is 5.69 Å². The van der Waals surface area contributed by atoms with Crippen LogP contribution in [0.1, 0.15) is 5.56 Å². The molecule has 0 atom stereocenters. The number of hydrogen-bond donors (Lipinski definition) is 2. The van der Waals surface area contributed by atoms with Crippen LogP contribution in [0.5, 0.6) is 0 Å². The zero-order valence-electron chi connectivity index (χ0n) is 8.51. The highest BCUT2D eigenvalue weighted by Crippen LogP contribution is 2.18. The lowest BCUT2D eigenvalue weighted by atomic mass is 10.0. The lowest BCUT2D eigenvalue weighted by molar-refractivity contribution is -0.121. The smallest absolute Gasteiger partial charge is 0.230 e. The molecular formula is C11H13IN2O. The first-order valence-corrected chi connectivity index (χ1v) is 6.02. The van der Waals surface area contributed by atoms with Crippen molar-refractivity contribution in [1.82, 2.24) is 5.32 Å². The standard InChI is InChI=1S/C11H13IN2O/c1-7-2-3-9(4-10(7)12)14-11(15)8-5-13-6-8/h2-4,8,13H,5-6H2,1H3,(H,14,15). The van der Waals surface area contributed by atoms with E-state index in [1.807, 2.05) is 18.2 Å². The molecule has 15 heavy (non-hydrogen) atoms. The number of aryl methyl sites for hydroxylation is 1. The predicted molar refractivity (Wildman–Crippen MR) is 68.9 cm³/mol. The van der Waals surface area contributed by atoms with Gasteiger partial charge in [0.2, 0.25) is 5.91 Å². The molecule has 0 unspecified atom stereocenters. The molecule has 1 heterocycles. The first-order chi connectivity index (χ1) is 7.16. The highest BCUT2D eigenvalue weighted by Gasteiger charge is 2.24. The van der Waals surface area contributed by atoms with Crippen molar-refractivity contribution in [3.8, 4) is 0 Å². The Labute approximate surface area is 103 Å². The molecule has 2 rings (SSSR count). The molecule has 0 bridgehead atoms. The van der Waals surface area contributed by atoms with Crippen molar-refractivity contribution in [3.63, 3.8) is 0 Å². The third kappa shape index (κ3) is 2.49. The van der Waals surface area contributed by atoms with E-state index in [4.69, 9.17) is 0 Å². The molecule has 4 heteroatoms. The Kier molecular flexibility index (Phi) is 3.25. The fourth-order valence-electron chi connectivity index (χ4n) is 1.39. The van der Waals surface area contributed by atoms with Gasteiger partial charge >= 0.3 is 0 Å². The summed E-state index contributed by atoms with van der Waals surface area (Å²) in [6.07, 6.45) is 0. The van der Waals surface area contributed by atoms with Crippen molar-refractivity contribution in [3.05, 3.63) is 27.3 Å². The van der Waals surface area contributed by atoms with Crippen LogP contribution >= 0.6 is 22.6 Å². The van der Waals surface area contributed by atoms with Gasteiger partial charge in [-0.15, -0.1) is 0 Å². The topological polar surface area (TPSA) is 41.1 Å². The van der Waals surface area contributed by atoms with E-state index in [-0.39, 0.29) is 11.8 Å². The predicted octanol–water partition coefficient (Wildman–Crippen LogP) is 1.76. The maximum Gasteiger partial charge on any atom is 0.230 e. The van der Waals surface area contributed by atoms with Crippen LogP contribution in [0.25, 0.3) is 0 Å². The molecule has 80 valence electrons. The van der Waals surface area contributed by atoms with Crippen LogP contribution < -0.4 is 10.6 Å². The summed E-state index contributed by atoms with van der Waals surface area (Å²) >= 11 is 2.27. The van der Waals surface area contributed by atoms with Gasteiger partial charge < -0.3 is 10.6 Å². The number of benzene rings is 1. The van der Waals surface area contributed by atoms with Gasteiger partial charge in [-0.25, -0.2) is 0 Å². The minimum atomic E-state index is 0.119. The van der Waals surface area contributed by atoms with E-state index >= 15 is 0 Å². The quantitative estimate of drug-likeness (QED) is 0.817. The fraction of sp³-hybridized carbons (Fsp3) is 0.364. The van der Waals surface area contributed by atoms with Crippen molar-refractivity contribution in [2.45, 2.75) is 6.92 Å². The van der Waals surface area contributed by atoms with E-state index in [1.54, 1.807) is 0 Å². The Morgan fingerprint density at radius 3 is 2.80 bits per heavy atom. The highest BCUT2D eigenvalue weighted by molar-refractivity contribution is 14.1. The van der Waals surface area contributed by atoms with E-state index in [0.717, 1.165) is 18.8 Å². The fourth-order valence-corrected chi connectivity index (χ4v) is 1.90. The monoisotopic (exact) mass is 316 g/mol. The summed E-state index contributed by atoms with van der Waals surface area (Å²) in [4.78, 5) is 11.6. The number of rotatable bonds is 2. The Morgan fingerprint density at radius 1 is 1.53 bits per heavy atom. The molecule has 1 aromatic carbocycles. The molecule has 1 aromatic rings. The first kappa shape index (κ1) is 10.9. The van der Waals surface area contributed by atoms with E-state index < -0.39 is 0 Å². The van der Waals surface area contributed by atoms with Crippen molar-refractivity contribution in [2.24, 2.45) is 5.92 Å². The third-order valence-corrected chi connectivity index (χ3v) is 3.75. The molecule has 0 aromatic heterocycles. The van der Waals surface area contributed by atoms with Crippen molar-refractivity contribution in [1.29, 1.82) is 0 Å². The number of hydrogen-bond acceptors (Lipinski definition) is 2. The molecule has 3 nitrogen and oxygen atoms in total. The molecule has 1 aliphatic heterocycles. The summed E-state index contributed by atoms with van der Waals surface area (Å²) in [6.45, 7) is 3.66. The lowest BCUT2D eigenvalue weighted by Crippen LogP contribution is -2.48. The van der Waals surface area contributed by atoms with Gasteiger partial charge in [-0.05, 0) is 47.2 Å². The van der Waals surface area contributed by atoms with Crippen LogP contribution in [0.15, 0.2) is 18.2 Å². The molecule has 0 saturated carbocycles. The summed E-state index contributed by atoms with van der Waals surface area (Å²) in [7, 11) is 0. The van der Waals surface area contributed by atoms with Crippen LogP contribution in [-0.2, 0) is 4.79 Å². The molecule has 1 aliphatic rings. The molecule has 1 amide bonds. The SMILES string of the molecule is Cc1ccc(NC(=O)C2CNC2)cc1I. The van der Waals surface area contributed by atoms with Gasteiger partial charge in [0.25, 0.3) is 0 Å². The van der Waals surface area contributed by atoms with Crippen molar-refractivity contribution in [2.75, 3.05) is 18.4 Å². The maximum atomic E-state index is 11.6. The third-order valence-electron chi connectivity index (χ3n) is 2.59. The number of amides is 1. The van der Waals surface area contributed by atoms with Gasteiger partial charge in [-0.1, -0.05) is 6.07 Å². The number of anilines is 1. The van der Waals surface area contributed by atoms with E-state index in [1.165, 1.54) is 9.13 Å². The molecule has 1 fully saturated rings. The Balaban J connectivity index is 2.03. The van der Waals surface area contributed by atoms with E-state index in [9.17, 15) is 4.79 Å². The summed E-state index contributed by atoms with van der Waals surface area (Å²) < 4.78 is 1.18. The molecular weight excluding hydrogens is 303 g/mol. The second kappa shape index (κ2) is 4.49. The first-order valence-electron chi connectivity index (χ1n) is 4.94. The summed E-state index contributed by atoms with van der Waals surface area (Å²) in [6, 6.07) is 5.97. The Hall–Kier alpha value is -0.620. The van der Waals surface area contributed by atoms with Crippen LogP contribution in [0.2, 0.25) is 0 Å². The molecule has 1 saturated heterocycles. The van der Waals surface area contributed by atoms with Crippen molar-refractivity contribution >= 4 is 34.2 Å². The molecule has 0 radical (unpaired) electrons. The molecule has 0 aliphatic carbocycles. The van der Waals surface area contributed by atoms with Gasteiger partial charge in [0.1, 0.15) is 0 Å². The van der Waals surface area contributed by atoms with E-state index in [0.29, 0.717) is 0 Å². The summed E-state index contributed by atoms with van der Waals surface area (Å²) in [5.41, 5.74) is 2.13. The van der Waals surface area contributed by atoms with Crippen LogP contribution in [-0.4, -0.2) is 19.0 Å². The Morgan fingerprint density at radius 2 is 2.27 bits per heavy atom. The van der Waals surface area contributed by atoms with Gasteiger partial charge in [0.05, 0.1) is 5.92 Å². The van der Waals surface area contributed by atoms with Crippen LogP contribution in [0, 0.1) is 16.4 Å². The van der Waals surface area contributed by atoms with Gasteiger partial charge in [0.15, 0.2) is 0 Å². The zero-order chi connectivity index (χ0) is 10.8. The second-order valence-corrected chi connectivity index (χ2v) is 4.97. The summed E-state index contributed by atoms with van der Waals surface area (Å²) in [5.74, 6) is 0.261. The summed E-state index contributed by atoms with van der Waals surface area (Å²) in [5, 5.41) is 6.01. The molecule has 0 spiro atoms. The van der Waals surface area contributed by atoms with Gasteiger partial charge in [0, 0.05) is 22.3 Å². The largest absolute Gasteiger partial charge is 0.326 e. The minimum Gasteiger partial charge on any atom is -0.326 e. The van der Waals surface area contributed by atoms with E-state index in [2.05, 4.69) is 40.1 Å². The van der Waals surface area contributed by atoms with Crippen molar-refractivity contribution < 1.29 is 4.79 Å². The maximum absolute atomic E-state index is 11.6. The molecule has 2 N–H and O–H groups in total. The average Bonchev–Trinajstić information content (AvgIpc) is 2.08. The van der Waals surface area contributed by atoms with Crippen LogP contribution in [0.3, 0.4) is 0 Å². The lowest BCUT2D eigenvalue weighted by Gasteiger charge is -2.25. The Bertz CT molecular complexity index is 388. The second-order valence-electron chi connectivity index (χ2n) is 3.81. The zero-order valence-corrected chi connectivity index (χ0v) is 10.7. The van der Waals surface area contributed by atoms with Gasteiger partial charge in [-0.3, -0.25) is 4.79 Å². The number of carbonyl (C=O) groups is 1. The number of halogens is 1.